The molecule has 0 aromatic heterocycles. The maximum absolute atomic E-state index is 2.64. The summed E-state index contributed by atoms with van der Waals surface area (Å²) >= 11 is 0. The van der Waals surface area contributed by atoms with Crippen molar-refractivity contribution in [3.05, 3.63) is 24.3 Å². The largest absolute Gasteiger partial charge is 0.304 e. The Morgan fingerprint density at radius 2 is 1.20 bits per heavy atom. The van der Waals surface area contributed by atoms with Gasteiger partial charge in [-0.25, -0.2) is 0 Å². The van der Waals surface area contributed by atoms with Gasteiger partial charge in [0.1, 0.15) is 0 Å². The zero-order valence-electron chi connectivity index (χ0n) is 17.2. The minimum absolute atomic E-state index is 1.12. The fourth-order valence-corrected chi connectivity index (χ4v) is 3.40. The molecule has 0 N–H and O–H groups in total. The molecule has 1 saturated heterocycles. The third-order valence-corrected chi connectivity index (χ3v) is 5.27. The Labute approximate surface area is 158 Å². The number of hydrogen-bond acceptors (Lipinski definition) is 2. The highest BCUT2D eigenvalue weighted by Gasteiger charge is 2.12. The molecule has 25 heavy (non-hydrogen) atoms. The Morgan fingerprint density at radius 3 is 1.84 bits per heavy atom. The lowest BCUT2D eigenvalue weighted by atomic mass is 10.1. The Kier molecular flexibility index (Phi) is 15.1. The van der Waals surface area contributed by atoms with Gasteiger partial charge in [-0.1, -0.05) is 69.8 Å². The van der Waals surface area contributed by atoms with Crippen molar-refractivity contribution in [1.29, 1.82) is 0 Å². The molecule has 2 nitrogen and oxygen atoms in total. The monoisotopic (exact) mass is 348 g/mol. The number of likely N-dealkylation sites (N-methyl/N-ethyl adjacent to an activating group) is 1. The van der Waals surface area contributed by atoms with Crippen LogP contribution in [0, 0.1) is 0 Å². The minimum Gasteiger partial charge on any atom is -0.304 e. The smallest absolute Gasteiger partial charge is 0.0110 e. The first kappa shape index (κ1) is 22.4. The van der Waals surface area contributed by atoms with E-state index in [-0.39, 0.29) is 0 Å². The number of rotatable bonds is 15. The molecular weight excluding hydrogens is 304 g/mol. The molecule has 2 heteroatoms. The molecule has 0 aromatic carbocycles. The maximum Gasteiger partial charge on any atom is 0.0110 e. The van der Waals surface area contributed by atoms with Gasteiger partial charge >= 0.3 is 0 Å². The van der Waals surface area contributed by atoms with E-state index in [0.29, 0.717) is 0 Å². The summed E-state index contributed by atoms with van der Waals surface area (Å²) in [4.78, 5) is 5.08. The van der Waals surface area contributed by atoms with E-state index in [1.807, 2.05) is 0 Å². The molecule has 1 rings (SSSR count). The SMILES string of the molecule is CCCCC/C=C/C/C=C/CCCCCCCCN1CCN(C)CC1. The summed E-state index contributed by atoms with van der Waals surface area (Å²) in [5, 5.41) is 0. The lowest BCUT2D eigenvalue weighted by molar-refractivity contribution is 0.152. The zero-order valence-corrected chi connectivity index (χ0v) is 17.2. The summed E-state index contributed by atoms with van der Waals surface area (Å²) in [6, 6.07) is 0. The van der Waals surface area contributed by atoms with Gasteiger partial charge < -0.3 is 9.80 Å². The second-order valence-electron chi connectivity index (χ2n) is 7.73. The first-order chi connectivity index (χ1) is 12.3. The van der Waals surface area contributed by atoms with Crippen LogP contribution >= 0.6 is 0 Å². The minimum atomic E-state index is 1.12. The van der Waals surface area contributed by atoms with Crippen molar-refractivity contribution in [2.75, 3.05) is 39.8 Å². The van der Waals surface area contributed by atoms with Crippen LogP contribution in [0.1, 0.15) is 84.0 Å². The van der Waals surface area contributed by atoms with Crippen LogP contribution in [-0.2, 0) is 0 Å². The fraction of sp³-hybridized carbons (Fsp3) is 0.826. The van der Waals surface area contributed by atoms with Gasteiger partial charge in [0.15, 0.2) is 0 Å². The van der Waals surface area contributed by atoms with Gasteiger partial charge in [-0.15, -0.1) is 0 Å². The maximum atomic E-state index is 2.64. The molecule has 0 atom stereocenters. The molecule has 1 aliphatic heterocycles. The highest BCUT2D eigenvalue weighted by atomic mass is 15.2. The number of unbranched alkanes of at least 4 members (excludes halogenated alkanes) is 9. The molecule has 0 aliphatic carbocycles. The molecule has 0 radical (unpaired) electrons. The normalized spacial score (nSPS) is 17.2. The molecule has 146 valence electrons. The van der Waals surface area contributed by atoms with Gasteiger partial charge in [0, 0.05) is 26.2 Å². The van der Waals surface area contributed by atoms with E-state index in [9.17, 15) is 0 Å². The predicted molar refractivity (Wildman–Crippen MR) is 113 cm³/mol. The van der Waals surface area contributed by atoms with Crippen LogP contribution in [0.15, 0.2) is 24.3 Å². The van der Waals surface area contributed by atoms with Gasteiger partial charge in [0.05, 0.1) is 0 Å². The first-order valence-electron chi connectivity index (χ1n) is 11.0. The van der Waals surface area contributed by atoms with Crippen molar-refractivity contribution >= 4 is 0 Å². The second-order valence-corrected chi connectivity index (χ2v) is 7.73. The van der Waals surface area contributed by atoms with Crippen molar-refractivity contribution in [3.63, 3.8) is 0 Å². The average Bonchev–Trinajstić information content (AvgIpc) is 2.63. The first-order valence-corrected chi connectivity index (χ1v) is 11.0. The fourth-order valence-electron chi connectivity index (χ4n) is 3.40. The van der Waals surface area contributed by atoms with E-state index in [1.165, 1.54) is 103 Å². The Morgan fingerprint density at radius 1 is 0.640 bits per heavy atom. The number of hydrogen-bond donors (Lipinski definition) is 0. The van der Waals surface area contributed by atoms with E-state index in [0.717, 1.165) is 6.42 Å². The summed E-state index contributed by atoms with van der Waals surface area (Å²) in [6.45, 7) is 8.64. The molecule has 1 heterocycles. The third-order valence-electron chi connectivity index (χ3n) is 5.27. The second kappa shape index (κ2) is 16.8. The number of piperazine rings is 1. The van der Waals surface area contributed by atoms with E-state index in [2.05, 4.69) is 48.1 Å². The van der Waals surface area contributed by atoms with Crippen LogP contribution in [0.5, 0.6) is 0 Å². The molecule has 0 aromatic rings. The van der Waals surface area contributed by atoms with Gasteiger partial charge in [-0.3, -0.25) is 0 Å². The van der Waals surface area contributed by atoms with E-state index in [4.69, 9.17) is 0 Å². The van der Waals surface area contributed by atoms with Gasteiger partial charge in [0.2, 0.25) is 0 Å². The van der Waals surface area contributed by atoms with Crippen LogP contribution in [-0.4, -0.2) is 49.6 Å². The quantitative estimate of drug-likeness (QED) is 0.263. The van der Waals surface area contributed by atoms with Crippen molar-refractivity contribution in [2.45, 2.75) is 84.0 Å². The summed E-state index contributed by atoms with van der Waals surface area (Å²) in [5.41, 5.74) is 0. The summed E-state index contributed by atoms with van der Waals surface area (Å²) in [7, 11) is 2.23. The Balaban J connectivity index is 1.77. The third kappa shape index (κ3) is 14.3. The van der Waals surface area contributed by atoms with Crippen LogP contribution in [0.4, 0.5) is 0 Å². The van der Waals surface area contributed by atoms with E-state index in [1.54, 1.807) is 0 Å². The molecular formula is C23H44N2. The Hall–Kier alpha value is -0.600. The van der Waals surface area contributed by atoms with Gasteiger partial charge in [-0.05, 0) is 52.1 Å². The van der Waals surface area contributed by atoms with Gasteiger partial charge in [0.25, 0.3) is 0 Å². The molecule has 0 spiro atoms. The van der Waals surface area contributed by atoms with Crippen LogP contribution in [0.2, 0.25) is 0 Å². The van der Waals surface area contributed by atoms with Gasteiger partial charge in [-0.2, -0.15) is 0 Å². The lowest BCUT2D eigenvalue weighted by Crippen LogP contribution is -2.44. The molecule has 0 amide bonds. The summed E-state index contributed by atoms with van der Waals surface area (Å²) in [6.07, 6.45) is 25.5. The summed E-state index contributed by atoms with van der Waals surface area (Å²) in [5.74, 6) is 0. The van der Waals surface area contributed by atoms with Crippen molar-refractivity contribution in [3.8, 4) is 0 Å². The molecule has 1 aliphatic rings. The van der Waals surface area contributed by atoms with Crippen molar-refractivity contribution in [1.82, 2.24) is 9.80 Å². The molecule has 0 saturated carbocycles. The standard InChI is InChI=1S/C23H44N2/c1-3-4-5-6-7-8-9-10-11-12-13-14-15-16-17-18-19-25-22-20-24(2)21-23-25/h7-8,10-11H,3-6,9,12-23H2,1-2H3/b8-7+,11-10+. The summed E-state index contributed by atoms with van der Waals surface area (Å²) < 4.78 is 0. The topological polar surface area (TPSA) is 6.48 Å². The van der Waals surface area contributed by atoms with E-state index < -0.39 is 0 Å². The van der Waals surface area contributed by atoms with Crippen molar-refractivity contribution < 1.29 is 0 Å². The highest BCUT2D eigenvalue weighted by Crippen LogP contribution is 2.09. The average molecular weight is 349 g/mol. The van der Waals surface area contributed by atoms with Crippen LogP contribution in [0.3, 0.4) is 0 Å². The molecule has 0 unspecified atom stereocenters. The predicted octanol–water partition coefficient (Wildman–Crippen LogP) is 6.05. The van der Waals surface area contributed by atoms with E-state index >= 15 is 0 Å². The van der Waals surface area contributed by atoms with Crippen LogP contribution in [0.25, 0.3) is 0 Å². The lowest BCUT2D eigenvalue weighted by Gasteiger charge is -2.32. The highest BCUT2D eigenvalue weighted by molar-refractivity contribution is 4.92. The number of nitrogens with zero attached hydrogens (tertiary/aromatic N) is 2. The number of allylic oxidation sites excluding steroid dienone is 4. The molecule has 1 fully saturated rings. The molecule has 0 bridgehead atoms. The Bertz CT molecular complexity index is 327. The zero-order chi connectivity index (χ0) is 18.0. The van der Waals surface area contributed by atoms with Crippen LogP contribution < -0.4 is 0 Å². The van der Waals surface area contributed by atoms with Crippen molar-refractivity contribution in [2.24, 2.45) is 0 Å².